The lowest BCUT2D eigenvalue weighted by Gasteiger charge is -2.42. The van der Waals surface area contributed by atoms with Gasteiger partial charge in [-0.2, -0.15) is 0 Å². The summed E-state index contributed by atoms with van der Waals surface area (Å²) in [5.74, 6) is 0.843. The predicted molar refractivity (Wildman–Crippen MR) is 162 cm³/mol. The highest BCUT2D eigenvalue weighted by Gasteiger charge is 2.37. The molecule has 0 saturated heterocycles. The maximum absolute atomic E-state index is 11.1. The topological polar surface area (TPSA) is 55.8 Å². The Labute approximate surface area is 237 Å². The molecular formula is C36H38O4. The van der Waals surface area contributed by atoms with Crippen molar-refractivity contribution in [3.8, 4) is 44.9 Å². The van der Waals surface area contributed by atoms with Crippen LogP contribution in [0.25, 0.3) is 33.4 Å². The summed E-state index contributed by atoms with van der Waals surface area (Å²) in [5.41, 5.74) is 9.68. The molecule has 4 heteroatoms. The number of ether oxygens (including phenoxy) is 2. The van der Waals surface area contributed by atoms with E-state index < -0.39 is 6.16 Å². The molecule has 0 amide bonds. The second kappa shape index (κ2) is 10.8. The van der Waals surface area contributed by atoms with Crippen molar-refractivity contribution in [1.82, 2.24) is 0 Å². The van der Waals surface area contributed by atoms with E-state index in [0.717, 1.165) is 35.1 Å². The van der Waals surface area contributed by atoms with E-state index in [4.69, 9.17) is 14.6 Å². The fraction of sp³-hybridized carbons (Fsp3) is 0.306. The molecule has 4 aromatic carbocycles. The van der Waals surface area contributed by atoms with Crippen molar-refractivity contribution in [2.45, 2.75) is 64.7 Å². The lowest BCUT2D eigenvalue weighted by molar-refractivity contribution is 0.144. The molecule has 0 bridgehead atoms. The molecule has 0 heterocycles. The van der Waals surface area contributed by atoms with Crippen LogP contribution in [0.1, 0.15) is 65.0 Å². The van der Waals surface area contributed by atoms with Gasteiger partial charge in [-0.25, -0.2) is 4.79 Å². The Kier molecular flexibility index (Phi) is 7.46. The summed E-state index contributed by atoms with van der Waals surface area (Å²) in [6.45, 7) is 12.0. The second-order valence-corrected chi connectivity index (χ2v) is 12.0. The summed E-state index contributed by atoms with van der Waals surface area (Å²) in [6, 6.07) is 29.2. The number of hydrogen-bond donors (Lipinski definition) is 1. The van der Waals surface area contributed by atoms with Crippen LogP contribution in [0, 0.1) is 0 Å². The van der Waals surface area contributed by atoms with Gasteiger partial charge >= 0.3 is 6.16 Å². The van der Waals surface area contributed by atoms with Crippen molar-refractivity contribution in [1.29, 1.82) is 0 Å². The molecule has 5 rings (SSSR count). The van der Waals surface area contributed by atoms with Crippen molar-refractivity contribution in [3.63, 3.8) is 0 Å². The van der Waals surface area contributed by atoms with Crippen LogP contribution in [-0.2, 0) is 10.8 Å². The minimum Gasteiger partial charge on any atom is -0.493 e. The Balaban J connectivity index is 1.69. The van der Waals surface area contributed by atoms with Gasteiger partial charge in [0.1, 0.15) is 11.5 Å². The Morgan fingerprint density at radius 1 is 0.725 bits per heavy atom. The van der Waals surface area contributed by atoms with Crippen LogP contribution in [-0.4, -0.2) is 17.9 Å². The summed E-state index contributed by atoms with van der Waals surface area (Å²) in [5, 5.41) is 9.11. The number of carboxylic acid groups (broad SMARTS) is 1. The molecule has 0 fully saturated rings. The largest absolute Gasteiger partial charge is 0.511 e. The molecule has 0 unspecified atom stereocenters. The first-order valence-corrected chi connectivity index (χ1v) is 14.1. The maximum atomic E-state index is 11.1. The zero-order valence-corrected chi connectivity index (χ0v) is 24.1. The molecular weight excluding hydrogens is 496 g/mol. The lowest BCUT2D eigenvalue weighted by Crippen LogP contribution is -2.33. The Morgan fingerprint density at radius 2 is 1.38 bits per heavy atom. The minimum absolute atomic E-state index is 0.104. The standard InChI is InChI=1S/C36H38O4/c1-6-20-39-33-23-27(40-34(37)38)14-16-29(33)25-12-15-28(24-10-8-7-9-11-24)30(21-25)26-13-17-31-32(22-26)36(4,5)19-18-35(31,2)3/h7-17,21-23H,6,18-20H2,1-5H3,(H,37,38). The van der Waals surface area contributed by atoms with E-state index in [1.54, 1.807) is 12.1 Å². The molecule has 1 aliphatic carbocycles. The third-order valence-corrected chi connectivity index (χ3v) is 8.20. The molecule has 0 spiro atoms. The summed E-state index contributed by atoms with van der Waals surface area (Å²) in [6.07, 6.45) is 1.83. The Morgan fingerprint density at radius 3 is 2.08 bits per heavy atom. The van der Waals surface area contributed by atoms with Gasteiger partial charge in [0, 0.05) is 11.6 Å². The molecule has 0 saturated carbocycles. The van der Waals surface area contributed by atoms with E-state index in [1.165, 1.54) is 28.7 Å². The van der Waals surface area contributed by atoms with Crippen molar-refractivity contribution >= 4 is 6.16 Å². The smallest absolute Gasteiger partial charge is 0.493 e. The summed E-state index contributed by atoms with van der Waals surface area (Å²) < 4.78 is 11.0. The summed E-state index contributed by atoms with van der Waals surface area (Å²) in [4.78, 5) is 11.1. The van der Waals surface area contributed by atoms with E-state index in [2.05, 4.69) is 88.4 Å². The third-order valence-electron chi connectivity index (χ3n) is 8.20. The van der Waals surface area contributed by atoms with E-state index in [-0.39, 0.29) is 16.6 Å². The van der Waals surface area contributed by atoms with Crippen LogP contribution in [0.5, 0.6) is 11.5 Å². The van der Waals surface area contributed by atoms with Crippen LogP contribution in [0.15, 0.2) is 84.9 Å². The molecule has 0 aliphatic heterocycles. The average molecular weight is 535 g/mol. The first-order chi connectivity index (χ1) is 19.1. The number of carbonyl (C=O) groups is 1. The average Bonchev–Trinajstić information content (AvgIpc) is 2.94. The Bertz CT molecular complexity index is 1530. The van der Waals surface area contributed by atoms with Crippen LogP contribution >= 0.6 is 0 Å². The van der Waals surface area contributed by atoms with Gasteiger partial charge in [-0.3, -0.25) is 0 Å². The van der Waals surface area contributed by atoms with Crippen molar-refractivity contribution in [3.05, 3.63) is 96.1 Å². The zero-order valence-electron chi connectivity index (χ0n) is 24.1. The zero-order chi connectivity index (χ0) is 28.5. The van der Waals surface area contributed by atoms with Gasteiger partial charge in [0.05, 0.1) is 6.61 Å². The molecule has 206 valence electrons. The highest BCUT2D eigenvalue weighted by molar-refractivity contribution is 5.88. The van der Waals surface area contributed by atoms with Gasteiger partial charge in [-0.05, 0) is 87.2 Å². The predicted octanol–water partition coefficient (Wildman–Crippen LogP) is 9.88. The van der Waals surface area contributed by atoms with E-state index in [0.29, 0.717) is 12.4 Å². The molecule has 4 aromatic rings. The van der Waals surface area contributed by atoms with Gasteiger partial charge in [0.25, 0.3) is 0 Å². The first-order valence-electron chi connectivity index (χ1n) is 14.1. The summed E-state index contributed by atoms with van der Waals surface area (Å²) in [7, 11) is 0. The number of fused-ring (bicyclic) bond motifs is 1. The lowest BCUT2D eigenvalue weighted by atomic mass is 9.63. The molecule has 4 nitrogen and oxygen atoms in total. The van der Waals surface area contributed by atoms with Gasteiger partial charge in [-0.1, -0.05) is 95.3 Å². The van der Waals surface area contributed by atoms with Gasteiger partial charge in [0.2, 0.25) is 0 Å². The monoisotopic (exact) mass is 534 g/mol. The van der Waals surface area contributed by atoms with Crippen molar-refractivity contribution in [2.75, 3.05) is 6.61 Å². The number of benzene rings is 4. The fourth-order valence-electron chi connectivity index (χ4n) is 5.81. The van der Waals surface area contributed by atoms with E-state index in [9.17, 15) is 4.79 Å². The number of rotatable bonds is 7. The van der Waals surface area contributed by atoms with E-state index in [1.807, 2.05) is 19.1 Å². The third kappa shape index (κ3) is 5.49. The first kappa shape index (κ1) is 27.5. The Hall–Kier alpha value is -4.05. The summed E-state index contributed by atoms with van der Waals surface area (Å²) >= 11 is 0. The quantitative estimate of drug-likeness (QED) is 0.189. The second-order valence-electron chi connectivity index (χ2n) is 12.0. The molecule has 1 N–H and O–H groups in total. The normalized spacial score (nSPS) is 15.2. The minimum atomic E-state index is -1.35. The van der Waals surface area contributed by atoms with Gasteiger partial charge in [-0.15, -0.1) is 0 Å². The SMILES string of the molecule is CCCOc1cc(OC(=O)O)ccc1-c1ccc(-c2ccccc2)c(-c2ccc3c(c2)C(C)(C)CCC3(C)C)c1. The molecule has 40 heavy (non-hydrogen) atoms. The van der Waals surface area contributed by atoms with Crippen LogP contribution in [0.4, 0.5) is 4.79 Å². The molecule has 0 aromatic heterocycles. The molecule has 1 aliphatic rings. The fourth-order valence-corrected chi connectivity index (χ4v) is 5.81. The van der Waals surface area contributed by atoms with Crippen LogP contribution < -0.4 is 9.47 Å². The van der Waals surface area contributed by atoms with Gasteiger partial charge < -0.3 is 14.6 Å². The highest BCUT2D eigenvalue weighted by atomic mass is 16.7. The van der Waals surface area contributed by atoms with Crippen molar-refractivity contribution in [2.24, 2.45) is 0 Å². The van der Waals surface area contributed by atoms with Crippen molar-refractivity contribution < 1.29 is 19.4 Å². The highest BCUT2D eigenvalue weighted by Crippen LogP contribution is 2.48. The van der Waals surface area contributed by atoms with Crippen LogP contribution in [0.3, 0.4) is 0 Å². The maximum Gasteiger partial charge on any atom is 0.511 e. The van der Waals surface area contributed by atoms with Gasteiger partial charge in [0.15, 0.2) is 0 Å². The molecule has 0 atom stereocenters. The molecule has 0 radical (unpaired) electrons. The number of hydrogen-bond acceptors (Lipinski definition) is 3. The van der Waals surface area contributed by atoms with E-state index >= 15 is 0 Å². The van der Waals surface area contributed by atoms with Crippen LogP contribution in [0.2, 0.25) is 0 Å².